The van der Waals surface area contributed by atoms with Gasteiger partial charge in [0.15, 0.2) is 5.96 Å². The standard InChI is InChI=1S/C19H41N5O2S/c1-7-15-27(25,26)23-13-9-18(10-14-23)22-19(20-6)21-11-8-12-24(16(2)3)17(4)5/h16-18H,7-15H2,1-6H3,(H2,20,21,22). The lowest BCUT2D eigenvalue weighted by Crippen LogP contribution is -2.50. The molecule has 160 valence electrons. The summed E-state index contributed by atoms with van der Waals surface area (Å²) in [5.74, 6) is 1.06. The van der Waals surface area contributed by atoms with Crippen molar-refractivity contribution in [1.82, 2.24) is 19.8 Å². The largest absolute Gasteiger partial charge is 0.356 e. The molecule has 0 atom stereocenters. The predicted molar refractivity (Wildman–Crippen MR) is 115 cm³/mol. The highest BCUT2D eigenvalue weighted by Gasteiger charge is 2.27. The minimum atomic E-state index is -3.08. The maximum Gasteiger partial charge on any atom is 0.214 e. The van der Waals surface area contributed by atoms with E-state index in [1.807, 2.05) is 6.92 Å². The van der Waals surface area contributed by atoms with Crippen LogP contribution in [-0.4, -0.2) is 80.7 Å². The molecule has 0 radical (unpaired) electrons. The second-order valence-corrected chi connectivity index (χ2v) is 10.0. The number of nitrogens with zero attached hydrogens (tertiary/aromatic N) is 3. The van der Waals surface area contributed by atoms with Crippen LogP contribution in [-0.2, 0) is 10.0 Å². The topological polar surface area (TPSA) is 77.0 Å². The van der Waals surface area contributed by atoms with Gasteiger partial charge in [-0.3, -0.25) is 9.89 Å². The molecular formula is C19H41N5O2S. The van der Waals surface area contributed by atoms with Gasteiger partial charge in [0.05, 0.1) is 5.75 Å². The van der Waals surface area contributed by atoms with Gasteiger partial charge in [-0.05, 0) is 53.4 Å². The number of sulfonamides is 1. The number of hydrogen-bond acceptors (Lipinski definition) is 4. The van der Waals surface area contributed by atoms with Crippen molar-refractivity contribution in [2.75, 3.05) is 39.0 Å². The Labute approximate surface area is 167 Å². The second-order valence-electron chi connectivity index (χ2n) is 7.91. The Morgan fingerprint density at radius 1 is 1.19 bits per heavy atom. The number of hydrogen-bond donors (Lipinski definition) is 2. The Hall–Kier alpha value is -0.860. The Balaban J connectivity index is 2.35. The second kappa shape index (κ2) is 11.9. The number of aliphatic imine (C=N–C) groups is 1. The smallest absolute Gasteiger partial charge is 0.214 e. The minimum absolute atomic E-state index is 0.248. The number of nitrogens with one attached hydrogen (secondary N) is 2. The lowest BCUT2D eigenvalue weighted by atomic mass is 10.1. The SMILES string of the molecule is CCCS(=O)(=O)N1CCC(NC(=NC)NCCCN(C(C)C)C(C)C)CC1. The first-order valence-electron chi connectivity index (χ1n) is 10.4. The zero-order chi connectivity index (χ0) is 20.4. The van der Waals surface area contributed by atoms with E-state index in [1.54, 1.807) is 11.4 Å². The van der Waals surface area contributed by atoms with Crippen LogP contribution in [0.15, 0.2) is 4.99 Å². The van der Waals surface area contributed by atoms with Crippen LogP contribution in [0.1, 0.15) is 60.3 Å². The van der Waals surface area contributed by atoms with Gasteiger partial charge < -0.3 is 10.6 Å². The summed E-state index contributed by atoms with van der Waals surface area (Å²) in [7, 11) is -1.29. The predicted octanol–water partition coefficient (Wildman–Crippen LogP) is 1.86. The molecule has 0 aromatic carbocycles. The van der Waals surface area contributed by atoms with Gasteiger partial charge in [0.25, 0.3) is 0 Å². The molecule has 0 aliphatic carbocycles. The molecule has 1 fully saturated rings. The highest BCUT2D eigenvalue weighted by Crippen LogP contribution is 2.15. The molecular weight excluding hydrogens is 362 g/mol. The fourth-order valence-electron chi connectivity index (χ4n) is 3.63. The summed E-state index contributed by atoms with van der Waals surface area (Å²) in [5.41, 5.74) is 0. The van der Waals surface area contributed by atoms with Crippen LogP contribution in [0.5, 0.6) is 0 Å². The maximum absolute atomic E-state index is 12.2. The summed E-state index contributed by atoms with van der Waals surface area (Å²) in [6.07, 6.45) is 3.36. The third-order valence-corrected chi connectivity index (χ3v) is 7.16. The molecule has 7 nitrogen and oxygen atoms in total. The summed E-state index contributed by atoms with van der Waals surface area (Å²) >= 11 is 0. The van der Waals surface area contributed by atoms with Crippen LogP contribution in [0.2, 0.25) is 0 Å². The van der Waals surface area contributed by atoms with Crippen molar-refractivity contribution in [3.63, 3.8) is 0 Å². The van der Waals surface area contributed by atoms with Gasteiger partial charge in [0, 0.05) is 51.4 Å². The first-order valence-corrected chi connectivity index (χ1v) is 12.0. The zero-order valence-corrected chi connectivity index (χ0v) is 19.0. The number of rotatable bonds is 10. The van der Waals surface area contributed by atoms with Crippen molar-refractivity contribution in [1.29, 1.82) is 0 Å². The summed E-state index contributed by atoms with van der Waals surface area (Å²) < 4.78 is 26.0. The van der Waals surface area contributed by atoms with Crippen molar-refractivity contribution in [2.24, 2.45) is 4.99 Å². The summed E-state index contributed by atoms with van der Waals surface area (Å²) in [6.45, 7) is 14.0. The fraction of sp³-hybridized carbons (Fsp3) is 0.947. The van der Waals surface area contributed by atoms with Crippen molar-refractivity contribution in [3.05, 3.63) is 0 Å². The van der Waals surface area contributed by atoms with Crippen molar-refractivity contribution >= 4 is 16.0 Å². The Morgan fingerprint density at radius 2 is 1.78 bits per heavy atom. The lowest BCUT2D eigenvalue weighted by molar-refractivity contribution is 0.173. The van der Waals surface area contributed by atoms with E-state index in [0.29, 0.717) is 31.6 Å². The van der Waals surface area contributed by atoms with E-state index in [1.165, 1.54) is 0 Å². The quantitative estimate of drug-likeness (QED) is 0.331. The third kappa shape index (κ3) is 8.35. The summed E-state index contributed by atoms with van der Waals surface area (Å²) in [6, 6.07) is 1.38. The van der Waals surface area contributed by atoms with Gasteiger partial charge in [0.2, 0.25) is 10.0 Å². The molecule has 0 unspecified atom stereocenters. The van der Waals surface area contributed by atoms with Gasteiger partial charge in [-0.15, -0.1) is 0 Å². The molecule has 0 spiro atoms. The van der Waals surface area contributed by atoms with E-state index >= 15 is 0 Å². The van der Waals surface area contributed by atoms with Gasteiger partial charge in [-0.1, -0.05) is 6.92 Å². The van der Waals surface area contributed by atoms with E-state index in [-0.39, 0.29) is 11.8 Å². The summed E-state index contributed by atoms with van der Waals surface area (Å²) in [4.78, 5) is 6.81. The first-order chi connectivity index (χ1) is 12.7. The Morgan fingerprint density at radius 3 is 2.26 bits per heavy atom. The molecule has 2 N–H and O–H groups in total. The molecule has 1 heterocycles. The fourth-order valence-corrected chi connectivity index (χ4v) is 5.18. The average Bonchev–Trinajstić information content (AvgIpc) is 2.60. The van der Waals surface area contributed by atoms with E-state index in [9.17, 15) is 8.42 Å². The van der Waals surface area contributed by atoms with E-state index < -0.39 is 10.0 Å². The molecule has 1 rings (SSSR count). The Kier molecular flexibility index (Phi) is 10.6. The van der Waals surface area contributed by atoms with Gasteiger partial charge in [0.1, 0.15) is 0 Å². The normalized spacial score (nSPS) is 17.9. The molecule has 0 bridgehead atoms. The molecule has 0 aromatic rings. The van der Waals surface area contributed by atoms with E-state index in [0.717, 1.165) is 38.3 Å². The number of guanidine groups is 1. The summed E-state index contributed by atoms with van der Waals surface area (Å²) in [5, 5.41) is 6.84. The molecule has 0 aromatic heterocycles. The van der Waals surface area contributed by atoms with Gasteiger partial charge >= 0.3 is 0 Å². The highest BCUT2D eigenvalue weighted by molar-refractivity contribution is 7.89. The minimum Gasteiger partial charge on any atom is -0.356 e. The molecule has 0 amide bonds. The molecule has 1 aliphatic rings. The maximum atomic E-state index is 12.2. The first kappa shape index (κ1) is 24.2. The van der Waals surface area contributed by atoms with Gasteiger partial charge in [-0.25, -0.2) is 12.7 Å². The van der Waals surface area contributed by atoms with Crippen LogP contribution in [0.3, 0.4) is 0 Å². The monoisotopic (exact) mass is 403 g/mol. The molecule has 1 saturated heterocycles. The average molecular weight is 404 g/mol. The lowest BCUT2D eigenvalue weighted by Gasteiger charge is -2.32. The van der Waals surface area contributed by atoms with Crippen LogP contribution >= 0.6 is 0 Å². The van der Waals surface area contributed by atoms with Crippen molar-refractivity contribution in [3.8, 4) is 0 Å². The van der Waals surface area contributed by atoms with Crippen LogP contribution in [0.25, 0.3) is 0 Å². The van der Waals surface area contributed by atoms with Crippen LogP contribution in [0.4, 0.5) is 0 Å². The third-order valence-electron chi connectivity index (χ3n) is 5.09. The Bertz CT molecular complexity index is 532. The molecule has 0 saturated carbocycles. The molecule has 1 aliphatic heterocycles. The molecule has 8 heteroatoms. The van der Waals surface area contributed by atoms with Gasteiger partial charge in [-0.2, -0.15) is 0 Å². The van der Waals surface area contributed by atoms with Crippen LogP contribution < -0.4 is 10.6 Å². The van der Waals surface area contributed by atoms with E-state index in [2.05, 4.69) is 48.2 Å². The van der Waals surface area contributed by atoms with Crippen LogP contribution in [0, 0.1) is 0 Å². The zero-order valence-electron chi connectivity index (χ0n) is 18.2. The van der Waals surface area contributed by atoms with Crippen molar-refractivity contribution in [2.45, 2.75) is 78.4 Å². The van der Waals surface area contributed by atoms with E-state index in [4.69, 9.17) is 0 Å². The molecule has 27 heavy (non-hydrogen) atoms. The van der Waals surface area contributed by atoms with Crippen molar-refractivity contribution < 1.29 is 8.42 Å². The highest BCUT2D eigenvalue weighted by atomic mass is 32.2. The number of piperidine rings is 1.